The average Bonchev–Trinajstić information content (AvgIpc) is 1.12. The number of hydrogen-bond acceptors (Lipinski definition) is 2. The molecule has 0 aromatic rings. The minimum Gasteiger partial charge on any atom is -0.308 e. The summed E-state index contributed by atoms with van der Waals surface area (Å²) in [6, 6.07) is 0. The van der Waals surface area contributed by atoms with E-state index in [1.807, 2.05) is 0 Å². The van der Waals surface area contributed by atoms with Crippen LogP contribution in [0.3, 0.4) is 0 Å². The van der Waals surface area contributed by atoms with E-state index in [9.17, 15) is 26.3 Å². The number of rotatable bonds is 0. The molecule has 0 rings (SSSR count). The first-order chi connectivity index (χ1) is 4.00. The summed E-state index contributed by atoms with van der Waals surface area (Å²) in [4.78, 5) is 0. The van der Waals surface area contributed by atoms with Crippen LogP contribution < -0.4 is 0 Å². The Balaban J connectivity index is -0.000000107. The third-order valence-corrected chi connectivity index (χ3v) is 0. The van der Waals surface area contributed by atoms with E-state index >= 15 is 0 Å². The number of halogens is 6. The van der Waals surface area contributed by atoms with Crippen LogP contribution in [0.25, 0.3) is 0 Å². The zero-order valence-electron chi connectivity index (χ0n) is 4.87. The Morgan fingerprint density at radius 2 is 0.636 bits per heavy atom. The largest absolute Gasteiger partial charge is 0.519 e. The van der Waals surface area contributed by atoms with E-state index < -0.39 is 12.7 Å². The summed E-state index contributed by atoms with van der Waals surface area (Å²) >= 11 is 0. The van der Waals surface area contributed by atoms with Gasteiger partial charge in [0, 0.05) is 19.5 Å². The predicted octanol–water partition coefficient (Wildman–Crippen LogP) is 0.994. The first kappa shape index (κ1) is 17.3. The van der Waals surface area contributed by atoms with Crippen LogP contribution in [0.4, 0.5) is 26.3 Å². The normalized spacial score (nSPS) is 10.9. The molecule has 11 heavy (non-hydrogen) atoms. The maximum atomic E-state index is 9.91. The first-order valence-corrected chi connectivity index (χ1v) is 1.58. The van der Waals surface area contributed by atoms with Crippen LogP contribution in [-0.2, 0) is 19.5 Å². The van der Waals surface area contributed by atoms with E-state index in [-0.39, 0.29) is 19.5 Å². The zero-order valence-corrected chi connectivity index (χ0v) is 7.84. The van der Waals surface area contributed by atoms with Gasteiger partial charge in [0.15, 0.2) is 0 Å². The van der Waals surface area contributed by atoms with Gasteiger partial charge in [-0.2, -0.15) is 0 Å². The molecule has 0 amide bonds. The zero-order chi connectivity index (χ0) is 9.00. The second-order valence-corrected chi connectivity index (χ2v) is 0.936. The molecule has 0 bridgehead atoms. The Morgan fingerprint density at radius 1 is 0.636 bits per heavy atom. The van der Waals surface area contributed by atoms with Crippen molar-refractivity contribution in [3.8, 4) is 0 Å². The molecule has 0 saturated carbocycles. The van der Waals surface area contributed by atoms with Crippen LogP contribution in [0.1, 0.15) is 0 Å². The SMILES string of the molecule is OC(F)(F)F.OC(F)(F)F.[Zn]. The van der Waals surface area contributed by atoms with Crippen molar-refractivity contribution in [3.63, 3.8) is 0 Å². The molecule has 0 aromatic carbocycles. The van der Waals surface area contributed by atoms with Crippen molar-refractivity contribution in [2.24, 2.45) is 0 Å². The van der Waals surface area contributed by atoms with Crippen molar-refractivity contribution in [1.29, 1.82) is 0 Å². The third-order valence-electron chi connectivity index (χ3n) is 0. The summed E-state index contributed by atoms with van der Waals surface area (Å²) in [6.45, 7) is 0. The monoisotopic (exact) mass is 236 g/mol. The maximum Gasteiger partial charge on any atom is 0.519 e. The van der Waals surface area contributed by atoms with Crippen LogP contribution in [0.2, 0.25) is 0 Å². The minimum atomic E-state index is -5.00. The van der Waals surface area contributed by atoms with Crippen molar-refractivity contribution >= 4 is 0 Å². The fraction of sp³-hybridized carbons (Fsp3) is 1.00. The van der Waals surface area contributed by atoms with Gasteiger partial charge < -0.3 is 10.2 Å². The minimum absolute atomic E-state index is 0. The molecule has 0 fully saturated rings. The van der Waals surface area contributed by atoms with Gasteiger partial charge in [0.1, 0.15) is 0 Å². The van der Waals surface area contributed by atoms with Crippen LogP contribution in [0, 0.1) is 0 Å². The molecule has 0 saturated heterocycles. The molecule has 0 aliphatic rings. The summed E-state index contributed by atoms with van der Waals surface area (Å²) in [7, 11) is 0. The van der Waals surface area contributed by atoms with Crippen molar-refractivity contribution in [1.82, 2.24) is 0 Å². The summed E-state index contributed by atoms with van der Waals surface area (Å²) in [5, 5.41) is 13.0. The predicted molar refractivity (Wildman–Crippen MR) is 16.5 cm³/mol. The van der Waals surface area contributed by atoms with Crippen molar-refractivity contribution < 1.29 is 56.0 Å². The van der Waals surface area contributed by atoms with Gasteiger partial charge in [-0.1, -0.05) is 0 Å². The molecular weight excluding hydrogens is 235 g/mol. The van der Waals surface area contributed by atoms with Crippen molar-refractivity contribution in [3.05, 3.63) is 0 Å². The molecule has 2 N–H and O–H groups in total. The summed E-state index contributed by atoms with van der Waals surface area (Å²) < 4.78 is 59.5. The van der Waals surface area contributed by atoms with Gasteiger partial charge in [0.2, 0.25) is 0 Å². The number of alkyl halides is 6. The van der Waals surface area contributed by atoms with Crippen LogP contribution in [-0.4, -0.2) is 22.9 Å². The van der Waals surface area contributed by atoms with E-state index in [0.717, 1.165) is 0 Å². The fourth-order valence-electron chi connectivity index (χ4n) is 0. The molecule has 2 nitrogen and oxygen atoms in total. The summed E-state index contributed by atoms with van der Waals surface area (Å²) in [6.07, 6.45) is -10.0. The van der Waals surface area contributed by atoms with Crippen molar-refractivity contribution in [2.45, 2.75) is 12.7 Å². The van der Waals surface area contributed by atoms with Crippen molar-refractivity contribution in [2.75, 3.05) is 0 Å². The van der Waals surface area contributed by atoms with Gasteiger partial charge in [-0.05, 0) is 0 Å². The first-order valence-electron chi connectivity index (χ1n) is 1.58. The Bertz CT molecular complexity index is 61.6. The molecular formula is C2H2F6O2Zn. The quantitative estimate of drug-likeness (QED) is 0.487. The maximum absolute atomic E-state index is 9.91. The van der Waals surface area contributed by atoms with Crippen LogP contribution in [0.15, 0.2) is 0 Å². The van der Waals surface area contributed by atoms with E-state index in [0.29, 0.717) is 0 Å². The van der Waals surface area contributed by atoms with E-state index in [1.165, 1.54) is 0 Å². The Labute approximate surface area is 69.6 Å². The number of aliphatic hydroxyl groups is 2. The topological polar surface area (TPSA) is 40.5 Å². The molecule has 0 spiro atoms. The molecule has 0 heterocycles. The van der Waals surface area contributed by atoms with Gasteiger partial charge in [-0.3, -0.25) is 0 Å². The molecule has 66 valence electrons. The molecule has 0 unspecified atom stereocenters. The number of hydrogen-bond donors (Lipinski definition) is 2. The van der Waals surface area contributed by atoms with Gasteiger partial charge in [0.25, 0.3) is 0 Å². The van der Waals surface area contributed by atoms with Gasteiger partial charge in [0.05, 0.1) is 0 Å². The molecule has 0 radical (unpaired) electrons. The molecule has 0 aliphatic heterocycles. The van der Waals surface area contributed by atoms with Gasteiger partial charge in [-0.25, -0.2) is 0 Å². The fourth-order valence-corrected chi connectivity index (χ4v) is 0. The smallest absolute Gasteiger partial charge is 0.308 e. The second kappa shape index (κ2) is 5.73. The van der Waals surface area contributed by atoms with Crippen LogP contribution in [0.5, 0.6) is 0 Å². The molecule has 0 atom stereocenters. The van der Waals surface area contributed by atoms with E-state index in [2.05, 4.69) is 0 Å². The molecule has 0 aliphatic carbocycles. The Morgan fingerprint density at radius 3 is 0.636 bits per heavy atom. The van der Waals surface area contributed by atoms with Gasteiger partial charge in [-0.15, -0.1) is 26.3 Å². The van der Waals surface area contributed by atoms with E-state index in [1.54, 1.807) is 0 Å². The summed E-state index contributed by atoms with van der Waals surface area (Å²) in [5.74, 6) is 0. The Kier molecular flexibility index (Phi) is 9.00. The molecule has 0 aromatic heterocycles. The Hall–Kier alpha value is 0.123. The summed E-state index contributed by atoms with van der Waals surface area (Å²) in [5.41, 5.74) is 0. The van der Waals surface area contributed by atoms with Crippen LogP contribution >= 0.6 is 0 Å². The van der Waals surface area contributed by atoms with E-state index in [4.69, 9.17) is 10.2 Å². The molecule has 9 heteroatoms. The second-order valence-electron chi connectivity index (χ2n) is 0.936. The van der Waals surface area contributed by atoms with Gasteiger partial charge >= 0.3 is 12.7 Å². The third kappa shape index (κ3) is 43900. The standard InChI is InChI=1S/2CHF3O.Zn/c2*2-1(3,4)5;/h2*5H;. The average molecular weight is 237 g/mol.